The number of carbonyl (C=O) groups is 1. The predicted octanol–water partition coefficient (Wildman–Crippen LogP) is 0.588. The largest absolute Gasteiger partial charge is 0.379 e. The van der Waals surface area contributed by atoms with Crippen molar-refractivity contribution in [3.63, 3.8) is 0 Å². The first-order valence-electron chi connectivity index (χ1n) is 4.47. The maximum Gasteiger partial charge on any atom is 0.149 e. The van der Waals surface area contributed by atoms with E-state index < -0.39 is 0 Å². The maximum atomic E-state index is 11.1. The van der Waals surface area contributed by atoms with Gasteiger partial charge in [0, 0.05) is 13.7 Å². The highest BCUT2D eigenvalue weighted by atomic mass is 16.5. The lowest BCUT2D eigenvalue weighted by Crippen LogP contribution is -2.38. The Morgan fingerprint density at radius 3 is 2.75 bits per heavy atom. The van der Waals surface area contributed by atoms with Gasteiger partial charge in [-0.2, -0.15) is 0 Å². The van der Waals surface area contributed by atoms with E-state index in [4.69, 9.17) is 4.74 Å². The molecule has 0 bridgehead atoms. The monoisotopic (exact) mass is 171 g/mol. The highest BCUT2D eigenvalue weighted by Crippen LogP contribution is 2.21. The van der Waals surface area contributed by atoms with E-state index in [1.807, 2.05) is 0 Å². The smallest absolute Gasteiger partial charge is 0.149 e. The van der Waals surface area contributed by atoms with Crippen LogP contribution in [0.2, 0.25) is 0 Å². The summed E-state index contributed by atoms with van der Waals surface area (Å²) in [4.78, 5) is 11.1. The van der Waals surface area contributed by atoms with E-state index in [9.17, 15) is 4.79 Å². The topological polar surface area (TPSA) is 38.3 Å². The van der Waals surface area contributed by atoms with Crippen molar-refractivity contribution < 1.29 is 9.53 Å². The van der Waals surface area contributed by atoms with Crippen molar-refractivity contribution in [2.45, 2.75) is 32.4 Å². The van der Waals surface area contributed by atoms with Crippen molar-refractivity contribution in [3.8, 4) is 0 Å². The van der Waals surface area contributed by atoms with Gasteiger partial charge in [0.2, 0.25) is 0 Å². The Morgan fingerprint density at radius 2 is 2.33 bits per heavy atom. The molecular formula is C9H17NO2. The number of Topliss-reactive ketones (excluding diaryl/α,β-unsaturated/α-hetero) is 1. The molecule has 1 heterocycles. The maximum absolute atomic E-state index is 11.1. The number of rotatable bonds is 3. The summed E-state index contributed by atoms with van der Waals surface area (Å²) in [5.74, 6) is 0.668. The number of methoxy groups -OCH3 is 1. The van der Waals surface area contributed by atoms with Gasteiger partial charge in [-0.05, 0) is 19.3 Å². The minimum atomic E-state index is -0.0834. The number of ether oxygens (including phenoxy) is 1. The van der Waals surface area contributed by atoms with Crippen LogP contribution in [0.5, 0.6) is 0 Å². The third kappa shape index (κ3) is 1.67. The second-order valence-corrected chi connectivity index (χ2v) is 3.37. The van der Waals surface area contributed by atoms with Gasteiger partial charge in [0.15, 0.2) is 0 Å². The summed E-state index contributed by atoms with van der Waals surface area (Å²) in [6.07, 6.45) is 1.14. The Hall–Kier alpha value is -0.410. The summed E-state index contributed by atoms with van der Waals surface area (Å²) in [6, 6.07) is -0.0834. The first-order chi connectivity index (χ1) is 5.70. The quantitative estimate of drug-likeness (QED) is 0.675. The molecule has 0 aromatic heterocycles. The first-order valence-corrected chi connectivity index (χ1v) is 4.47. The second kappa shape index (κ2) is 4.01. The molecule has 0 amide bonds. The standard InChI is InChI=1S/C9H17NO2/c1-4-7-5-10-8(6(2)11)9(7)12-3/h7-10H,4-5H2,1-3H3. The van der Waals surface area contributed by atoms with Gasteiger partial charge in [-0.3, -0.25) is 4.79 Å². The molecule has 3 unspecified atom stereocenters. The summed E-state index contributed by atoms with van der Waals surface area (Å²) < 4.78 is 5.31. The first kappa shape index (κ1) is 9.68. The number of nitrogens with one attached hydrogen (secondary N) is 1. The van der Waals surface area contributed by atoms with E-state index in [1.54, 1.807) is 14.0 Å². The van der Waals surface area contributed by atoms with E-state index >= 15 is 0 Å². The summed E-state index contributed by atoms with van der Waals surface area (Å²) >= 11 is 0. The SMILES string of the molecule is CCC1CNC(C(C)=O)C1OC. The van der Waals surface area contributed by atoms with Gasteiger partial charge in [0.05, 0.1) is 12.1 Å². The second-order valence-electron chi connectivity index (χ2n) is 3.37. The van der Waals surface area contributed by atoms with E-state index in [0.29, 0.717) is 5.92 Å². The van der Waals surface area contributed by atoms with Crippen LogP contribution in [0.3, 0.4) is 0 Å². The van der Waals surface area contributed by atoms with Gasteiger partial charge in [-0.25, -0.2) is 0 Å². The molecule has 0 spiro atoms. The molecular weight excluding hydrogens is 154 g/mol. The number of hydrogen-bond donors (Lipinski definition) is 1. The summed E-state index contributed by atoms with van der Waals surface area (Å²) in [5.41, 5.74) is 0. The highest BCUT2D eigenvalue weighted by molar-refractivity contribution is 5.82. The molecule has 0 aliphatic carbocycles. The van der Waals surface area contributed by atoms with Crippen LogP contribution in [0.25, 0.3) is 0 Å². The van der Waals surface area contributed by atoms with E-state index in [2.05, 4.69) is 12.2 Å². The van der Waals surface area contributed by atoms with Gasteiger partial charge < -0.3 is 10.1 Å². The molecule has 3 heteroatoms. The van der Waals surface area contributed by atoms with Crippen LogP contribution in [-0.4, -0.2) is 31.6 Å². The molecule has 0 aromatic carbocycles. The van der Waals surface area contributed by atoms with Crippen molar-refractivity contribution in [2.24, 2.45) is 5.92 Å². The van der Waals surface area contributed by atoms with E-state index in [1.165, 1.54) is 0 Å². The summed E-state index contributed by atoms with van der Waals surface area (Å²) in [6.45, 7) is 4.64. The number of ketones is 1. The molecule has 1 N–H and O–H groups in total. The highest BCUT2D eigenvalue weighted by Gasteiger charge is 2.37. The van der Waals surface area contributed by atoms with Crippen molar-refractivity contribution in [1.29, 1.82) is 0 Å². The summed E-state index contributed by atoms with van der Waals surface area (Å²) in [7, 11) is 1.68. The summed E-state index contributed by atoms with van der Waals surface area (Å²) in [5, 5.41) is 3.18. The zero-order chi connectivity index (χ0) is 9.14. The fourth-order valence-corrected chi connectivity index (χ4v) is 1.86. The van der Waals surface area contributed by atoms with Gasteiger partial charge in [0.1, 0.15) is 5.78 Å². The average molecular weight is 171 g/mol. The van der Waals surface area contributed by atoms with Crippen molar-refractivity contribution >= 4 is 5.78 Å². The van der Waals surface area contributed by atoms with Crippen LogP contribution in [0, 0.1) is 5.92 Å². The van der Waals surface area contributed by atoms with Gasteiger partial charge in [0.25, 0.3) is 0 Å². The number of carbonyl (C=O) groups excluding carboxylic acids is 1. The molecule has 1 fully saturated rings. The molecule has 1 aliphatic rings. The lowest BCUT2D eigenvalue weighted by atomic mass is 9.97. The molecule has 1 saturated heterocycles. The van der Waals surface area contributed by atoms with Crippen LogP contribution >= 0.6 is 0 Å². The van der Waals surface area contributed by atoms with Crippen LogP contribution in [-0.2, 0) is 9.53 Å². The van der Waals surface area contributed by atoms with Crippen molar-refractivity contribution in [3.05, 3.63) is 0 Å². The molecule has 0 saturated carbocycles. The minimum absolute atomic E-state index is 0.0764. The zero-order valence-electron chi connectivity index (χ0n) is 7.96. The van der Waals surface area contributed by atoms with Crippen LogP contribution in [0.1, 0.15) is 20.3 Å². The Kier molecular flexibility index (Phi) is 3.23. The van der Waals surface area contributed by atoms with Gasteiger partial charge in [-0.15, -0.1) is 0 Å². The minimum Gasteiger partial charge on any atom is -0.379 e. The average Bonchev–Trinajstić information content (AvgIpc) is 2.46. The lowest BCUT2D eigenvalue weighted by Gasteiger charge is -2.19. The molecule has 12 heavy (non-hydrogen) atoms. The Bertz CT molecular complexity index is 170. The van der Waals surface area contributed by atoms with Gasteiger partial charge >= 0.3 is 0 Å². The third-order valence-corrected chi connectivity index (χ3v) is 2.63. The van der Waals surface area contributed by atoms with Gasteiger partial charge in [-0.1, -0.05) is 6.92 Å². The normalized spacial score (nSPS) is 35.4. The fraction of sp³-hybridized carbons (Fsp3) is 0.889. The molecule has 0 radical (unpaired) electrons. The Labute approximate surface area is 73.5 Å². The van der Waals surface area contributed by atoms with E-state index in [-0.39, 0.29) is 17.9 Å². The Balaban J connectivity index is 2.62. The van der Waals surface area contributed by atoms with Crippen molar-refractivity contribution in [1.82, 2.24) is 5.32 Å². The molecule has 1 aliphatic heterocycles. The van der Waals surface area contributed by atoms with Crippen LogP contribution in [0.15, 0.2) is 0 Å². The third-order valence-electron chi connectivity index (χ3n) is 2.63. The van der Waals surface area contributed by atoms with Crippen molar-refractivity contribution in [2.75, 3.05) is 13.7 Å². The van der Waals surface area contributed by atoms with E-state index in [0.717, 1.165) is 13.0 Å². The lowest BCUT2D eigenvalue weighted by molar-refractivity contribution is -0.121. The molecule has 0 aromatic rings. The van der Waals surface area contributed by atoms with Crippen LogP contribution < -0.4 is 5.32 Å². The Morgan fingerprint density at radius 1 is 1.67 bits per heavy atom. The zero-order valence-corrected chi connectivity index (χ0v) is 7.96. The fourth-order valence-electron chi connectivity index (χ4n) is 1.86. The predicted molar refractivity (Wildman–Crippen MR) is 47.0 cm³/mol. The number of hydrogen-bond acceptors (Lipinski definition) is 3. The molecule has 3 atom stereocenters. The molecule has 3 nitrogen and oxygen atoms in total. The van der Waals surface area contributed by atoms with Crippen LogP contribution in [0.4, 0.5) is 0 Å². The molecule has 1 rings (SSSR count). The molecule has 70 valence electrons.